The topological polar surface area (TPSA) is 66.4 Å². The first-order valence-corrected chi connectivity index (χ1v) is 7.33. The van der Waals surface area contributed by atoms with E-state index in [2.05, 4.69) is 11.6 Å². The molecule has 0 aromatic rings. The fourth-order valence-corrected chi connectivity index (χ4v) is 2.27. The van der Waals surface area contributed by atoms with Crippen LogP contribution in [0.1, 0.15) is 47.0 Å². The summed E-state index contributed by atoms with van der Waals surface area (Å²) in [5, 5.41) is 8.88. The molecule has 0 aromatic heterocycles. The van der Waals surface area contributed by atoms with E-state index in [9.17, 15) is 8.42 Å². The van der Waals surface area contributed by atoms with Gasteiger partial charge in [-0.25, -0.2) is 13.1 Å². The molecule has 0 aliphatic rings. The molecule has 2 N–H and O–H groups in total. The molecule has 0 bridgehead atoms. The molecule has 4 nitrogen and oxygen atoms in total. The van der Waals surface area contributed by atoms with Crippen molar-refractivity contribution in [2.45, 2.75) is 51.7 Å². The van der Waals surface area contributed by atoms with Crippen LogP contribution in [0.4, 0.5) is 0 Å². The van der Waals surface area contributed by atoms with Crippen LogP contribution in [0.3, 0.4) is 0 Å². The van der Waals surface area contributed by atoms with E-state index < -0.39 is 14.8 Å². The summed E-state index contributed by atoms with van der Waals surface area (Å²) >= 11 is 0. The third kappa shape index (κ3) is 5.27. The Kier molecular flexibility index (Phi) is 6.51. The molecule has 1 unspecified atom stereocenters. The second-order valence-electron chi connectivity index (χ2n) is 5.13. The molecule has 0 aliphatic carbocycles. The zero-order chi connectivity index (χ0) is 12.8. The maximum atomic E-state index is 11.8. The van der Waals surface area contributed by atoms with Crippen LogP contribution in [0.15, 0.2) is 0 Å². The molecule has 0 aliphatic heterocycles. The molecule has 0 fully saturated rings. The minimum Gasteiger partial charge on any atom is -0.396 e. The number of aliphatic hydroxyl groups excluding tert-OH is 1. The molecule has 98 valence electrons. The van der Waals surface area contributed by atoms with Crippen LogP contribution in [0.5, 0.6) is 0 Å². The van der Waals surface area contributed by atoms with Gasteiger partial charge in [0.15, 0.2) is 0 Å². The first-order valence-electron chi connectivity index (χ1n) is 5.84. The van der Waals surface area contributed by atoms with E-state index in [-0.39, 0.29) is 12.5 Å². The highest BCUT2D eigenvalue weighted by molar-refractivity contribution is 7.90. The van der Waals surface area contributed by atoms with Gasteiger partial charge >= 0.3 is 0 Å². The van der Waals surface area contributed by atoms with E-state index in [1.807, 2.05) is 0 Å². The fourth-order valence-electron chi connectivity index (χ4n) is 1.38. The van der Waals surface area contributed by atoms with Crippen LogP contribution in [-0.4, -0.2) is 31.4 Å². The van der Waals surface area contributed by atoms with Crippen molar-refractivity contribution >= 4 is 10.0 Å². The largest absolute Gasteiger partial charge is 0.396 e. The lowest BCUT2D eigenvalue weighted by atomic mass is 10.0. The zero-order valence-electron chi connectivity index (χ0n) is 10.8. The highest BCUT2D eigenvalue weighted by Gasteiger charge is 2.28. The van der Waals surface area contributed by atoms with Crippen molar-refractivity contribution in [1.29, 1.82) is 0 Å². The second-order valence-corrected chi connectivity index (χ2v) is 7.65. The summed E-state index contributed by atoms with van der Waals surface area (Å²) in [4.78, 5) is 0. The molecule has 0 radical (unpaired) electrons. The zero-order valence-corrected chi connectivity index (χ0v) is 11.6. The van der Waals surface area contributed by atoms with Crippen molar-refractivity contribution in [3.8, 4) is 0 Å². The van der Waals surface area contributed by atoms with Crippen molar-refractivity contribution in [3.63, 3.8) is 0 Å². The molecule has 1 atom stereocenters. The SMILES string of the molecule is CCCC(CCO)CNS(=O)(=O)C(C)(C)C. The van der Waals surface area contributed by atoms with Crippen molar-refractivity contribution in [2.75, 3.05) is 13.2 Å². The molecule has 5 heteroatoms. The molecule has 16 heavy (non-hydrogen) atoms. The third-order valence-corrected chi connectivity index (χ3v) is 4.76. The number of rotatable bonds is 7. The van der Waals surface area contributed by atoms with E-state index >= 15 is 0 Å². The molecule has 0 spiro atoms. The second kappa shape index (κ2) is 6.57. The molecule has 0 rings (SSSR count). The Balaban J connectivity index is 4.30. The summed E-state index contributed by atoms with van der Waals surface area (Å²) in [5.74, 6) is 0.229. The van der Waals surface area contributed by atoms with Crippen molar-refractivity contribution in [1.82, 2.24) is 4.72 Å². The molecule has 0 saturated heterocycles. The van der Waals surface area contributed by atoms with Crippen LogP contribution in [-0.2, 0) is 10.0 Å². The maximum absolute atomic E-state index is 11.8. The number of sulfonamides is 1. The van der Waals surface area contributed by atoms with E-state index in [0.29, 0.717) is 13.0 Å². The number of aliphatic hydroxyl groups is 1. The summed E-state index contributed by atoms with van der Waals surface area (Å²) in [6.45, 7) is 7.63. The fraction of sp³-hybridized carbons (Fsp3) is 1.00. The summed E-state index contributed by atoms with van der Waals surface area (Å²) < 4.78 is 25.4. The Morgan fingerprint density at radius 3 is 2.19 bits per heavy atom. The van der Waals surface area contributed by atoms with Crippen molar-refractivity contribution < 1.29 is 13.5 Å². The van der Waals surface area contributed by atoms with Crippen LogP contribution in [0.2, 0.25) is 0 Å². The van der Waals surface area contributed by atoms with E-state index in [0.717, 1.165) is 12.8 Å². The Bertz CT molecular complexity index is 274. The first-order chi connectivity index (χ1) is 7.24. The van der Waals surface area contributed by atoms with E-state index in [4.69, 9.17) is 5.11 Å². The van der Waals surface area contributed by atoms with E-state index in [1.165, 1.54) is 0 Å². The average Bonchev–Trinajstić information content (AvgIpc) is 2.13. The predicted octanol–water partition coefficient (Wildman–Crippen LogP) is 1.50. The van der Waals surface area contributed by atoms with Gasteiger partial charge in [-0.3, -0.25) is 0 Å². The number of nitrogens with one attached hydrogen (secondary N) is 1. The highest BCUT2D eigenvalue weighted by atomic mass is 32.2. The Hall–Kier alpha value is -0.130. The lowest BCUT2D eigenvalue weighted by Crippen LogP contribution is -2.41. The van der Waals surface area contributed by atoms with Gasteiger partial charge < -0.3 is 5.11 Å². The van der Waals surface area contributed by atoms with Gasteiger partial charge in [-0.2, -0.15) is 0 Å². The summed E-state index contributed by atoms with van der Waals surface area (Å²) in [7, 11) is -3.26. The summed E-state index contributed by atoms with van der Waals surface area (Å²) in [5.41, 5.74) is 0. The van der Waals surface area contributed by atoms with Gasteiger partial charge in [0.1, 0.15) is 0 Å². The minimum atomic E-state index is -3.26. The van der Waals surface area contributed by atoms with Gasteiger partial charge in [0.2, 0.25) is 10.0 Å². The molecule has 0 amide bonds. The van der Waals surface area contributed by atoms with Crippen LogP contribution >= 0.6 is 0 Å². The molecule has 0 heterocycles. The van der Waals surface area contributed by atoms with Gasteiger partial charge in [0.05, 0.1) is 4.75 Å². The normalized spacial score (nSPS) is 15.1. The van der Waals surface area contributed by atoms with Gasteiger partial charge in [0.25, 0.3) is 0 Å². The van der Waals surface area contributed by atoms with Crippen molar-refractivity contribution in [3.05, 3.63) is 0 Å². The summed E-state index contributed by atoms with van der Waals surface area (Å²) in [6, 6.07) is 0. The average molecular weight is 251 g/mol. The quantitative estimate of drug-likeness (QED) is 0.720. The monoisotopic (exact) mass is 251 g/mol. The van der Waals surface area contributed by atoms with Crippen LogP contribution < -0.4 is 4.72 Å². The lowest BCUT2D eigenvalue weighted by Gasteiger charge is -2.22. The first kappa shape index (κ1) is 15.9. The minimum absolute atomic E-state index is 0.113. The van der Waals surface area contributed by atoms with Crippen LogP contribution in [0, 0.1) is 5.92 Å². The van der Waals surface area contributed by atoms with Crippen LogP contribution in [0.25, 0.3) is 0 Å². The van der Waals surface area contributed by atoms with Gasteiger partial charge in [-0.1, -0.05) is 13.3 Å². The predicted molar refractivity (Wildman–Crippen MR) is 66.8 cm³/mol. The lowest BCUT2D eigenvalue weighted by molar-refractivity contribution is 0.251. The third-order valence-electron chi connectivity index (χ3n) is 2.60. The molecule has 0 saturated carbocycles. The highest BCUT2D eigenvalue weighted by Crippen LogP contribution is 2.15. The van der Waals surface area contributed by atoms with Gasteiger partial charge in [-0.05, 0) is 39.5 Å². The Labute approximate surface area is 99.5 Å². The molecule has 0 aromatic carbocycles. The Morgan fingerprint density at radius 2 is 1.81 bits per heavy atom. The van der Waals surface area contributed by atoms with E-state index in [1.54, 1.807) is 20.8 Å². The molecular formula is C11H25NO3S. The van der Waals surface area contributed by atoms with Gasteiger partial charge in [0, 0.05) is 13.2 Å². The summed E-state index contributed by atoms with van der Waals surface area (Å²) in [6.07, 6.45) is 2.59. The molecular weight excluding hydrogens is 226 g/mol. The maximum Gasteiger partial charge on any atom is 0.216 e. The standard InChI is InChI=1S/C11H25NO3S/c1-5-6-10(7-8-13)9-12-16(14,15)11(2,3)4/h10,12-13H,5-9H2,1-4H3. The smallest absolute Gasteiger partial charge is 0.216 e. The van der Waals surface area contributed by atoms with Crippen molar-refractivity contribution in [2.24, 2.45) is 5.92 Å². The number of hydrogen-bond acceptors (Lipinski definition) is 3. The number of hydrogen-bond donors (Lipinski definition) is 2. The van der Waals surface area contributed by atoms with Gasteiger partial charge in [-0.15, -0.1) is 0 Å². The Morgan fingerprint density at radius 1 is 1.25 bits per heavy atom.